The summed E-state index contributed by atoms with van der Waals surface area (Å²) in [4.78, 5) is 14.2. The Bertz CT molecular complexity index is 383. The summed E-state index contributed by atoms with van der Waals surface area (Å²) in [7, 11) is 1.87. The van der Waals surface area contributed by atoms with E-state index in [0.717, 1.165) is 37.9 Å². The van der Waals surface area contributed by atoms with Gasteiger partial charge in [0.15, 0.2) is 0 Å². The SMILES string of the molecule is CN(C(=O)C1CCC(CN)CC1)c1ccccc1. The Balaban J connectivity index is 1.96. The zero-order chi connectivity index (χ0) is 13.0. The number of hydrogen-bond acceptors (Lipinski definition) is 2. The molecule has 0 aromatic heterocycles. The Morgan fingerprint density at radius 3 is 2.39 bits per heavy atom. The smallest absolute Gasteiger partial charge is 0.229 e. The summed E-state index contributed by atoms with van der Waals surface area (Å²) >= 11 is 0. The lowest BCUT2D eigenvalue weighted by Gasteiger charge is -2.30. The molecule has 0 bridgehead atoms. The van der Waals surface area contributed by atoms with Gasteiger partial charge in [0, 0.05) is 18.7 Å². The molecule has 3 nitrogen and oxygen atoms in total. The summed E-state index contributed by atoms with van der Waals surface area (Å²) in [5.41, 5.74) is 6.66. The molecule has 0 unspecified atom stereocenters. The average Bonchev–Trinajstić information content (AvgIpc) is 2.47. The zero-order valence-electron chi connectivity index (χ0n) is 11.0. The van der Waals surface area contributed by atoms with E-state index in [1.54, 1.807) is 4.90 Å². The van der Waals surface area contributed by atoms with Gasteiger partial charge in [0.05, 0.1) is 0 Å². The predicted octanol–water partition coefficient (Wildman–Crippen LogP) is 2.41. The van der Waals surface area contributed by atoms with Gasteiger partial charge in [-0.2, -0.15) is 0 Å². The Morgan fingerprint density at radius 1 is 1.22 bits per heavy atom. The normalized spacial score (nSPS) is 23.7. The molecule has 0 spiro atoms. The molecular formula is C15H22N2O. The molecule has 98 valence electrons. The van der Waals surface area contributed by atoms with Crippen LogP contribution in [0.4, 0.5) is 5.69 Å². The third-order valence-corrected chi connectivity index (χ3v) is 4.00. The number of nitrogens with two attached hydrogens (primary N) is 1. The Kier molecular flexibility index (Phi) is 4.37. The monoisotopic (exact) mass is 246 g/mol. The first-order chi connectivity index (χ1) is 8.72. The lowest BCUT2D eigenvalue weighted by Crippen LogP contribution is -2.35. The van der Waals surface area contributed by atoms with Gasteiger partial charge in [-0.3, -0.25) is 4.79 Å². The van der Waals surface area contributed by atoms with Crippen LogP contribution in [0.25, 0.3) is 0 Å². The van der Waals surface area contributed by atoms with E-state index in [1.807, 2.05) is 37.4 Å². The molecular weight excluding hydrogens is 224 g/mol. The van der Waals surface area contributed by atoms with Crippen molar-refractivity contribution in [2.75, 3.05) is 18.5 Å². The van der Waals surface area contributed by atoms with Gasteiger partial charge >= 0.3 is 0 Å². The molecule has 0 heterocycles. The van der Waals surface area contributed by atoms with Gasteiger partial charge in [0.2, 0.25) is 5.91 Å². The van der Waals surface area contributed by atoms with Crippen molar-refractivity contribution in [1.82, 2.24) is 0 Å². The van der Waals surface area contributed by atoms with Gasteiger partial charge in [-0.05, 0) is 50.3 Å². The van der Waals surface area contributed by atoms with Gasteiger partial charge in [0.1, 0.15) is 0 Å². The molecule has 2 rings (SSSR count). The number of amides is 1. The van der Waals surface area contributed by atoms with E-state index in [0.29, 0.717) is 5.92 Å². The molecule has 1 aliphatic carbocycles. The van der Waals surface area contributed by atoms with Crippen molar-refractivity contribution in [3.05, 3.63) is 30.3 Å². The number of carbonyl (C=O) groups excluding carboxylic acids is 1. The maximum atomic E-state index is 12.4. The fourth-order valence-corrected chi connectivity index (χ4v) is 2.70. The lowest BCUT2D eigenvalue weighted by atomic mass is 9.81. The number of benzene rings is 1. The molecule has 1 saturated carbocycles. The van der Waals surface area contributed by atoms with Gasteiger partial charge in [-0.1, -0.05) is 18.2 Å². The summed E-state index contributed by atoms with van der Waals surface area (Å²) in [6.45, 7) is 0.759. The number of hydrogen-bond donors (Lipinski definition) is 1. The fraction of sp³-hybridized carbons (Fsp3) is 0.533. The molecule has 1 aromatic carbocycles. The van der Waals surface area contributed by atoms with E-state index >= 15 is 0 Å². The lowest BCUT2D eigenvalue weighted by molar-refractivity contribution is -0.123. The predicted molar refractivity (Wildman–Crippen MR) is 74.4 cm³/mol. The highest BCUT2D eigenvalue weighted by atomic mass is 16.2. The molecule has 2 N–H and O–H groups in total. The maximum absolute atomic E-state index is 12.4. The molecule has 0 saturated heterocycles. The first kappa shape index (κ1) is 13.1. The van der Waals surface area contributed by atoms with Crippen molar-refractivity contribution in [2.45, 2.75) is 25.7 Å². The molecule has 1 amide bonds. The second-order valence-electron chi connectivity index (χ2n) is 5.19. The minimum absolute atomic E-state index is 0.179. The second-order valence-corrected chi connectivity index (χ2v) is 5.19. The van der Waals surface area contributed by atoms with Gasteiger partial charge in [-0.15, -0.1) is 0 Å². The minimum Gasteiger partial charge on any atom is -0.330 e. The first-order valence-electron chi connectivity index (χ1n) is 6.75. The second kappa shape index (κ2) is 6.01. The third kappa shape index (κ3) is 2.91. The molecule has 0 atom stereocenters. The highest BCUT2D eigenvalue weighted by molar-refractivity contribution is 5.94. The summed E-state index contributed by atoms with van der Waals surface area (Å²) in [6.07, 6.45) is 4.15. The van der Waals surface area contributed by atoms with Gasteiger partial charge in [0.25, 0.3) is 0 Å². The molecule has 1 fully saturated rings. The van der Waals surface area contributed by atoms with Crippen LogP contribution in [0.2, 0.25) is 0 Å². The number of para-hydroxylation sites is 1. The zero-order valence-corrected chi connectivity index (χ0v) is 11.0. The Labute approximate surface area is 109 Å². The van der Waals surface area contributed by atoms with E-state index in [1.165, 1.54) is 0 Å². The van der Waals surface area contributed by atoms with E-state index in [2.05, 4.69) is 0 Å². The summed E-state index contributed by atoms with van der Waals surface area (Å²) < 4.78 is 0. The largest absolute Gasteiger partial charge is 0.330 e. The van der Waals surface area contributed by atoms with Crippen LogP contribution in [0.1, 0.15) is 25.7 Å². The Hall–Kier alpha value is -1.35. The fourth-order valence-electron chi connectivity index (χ4n) is 2.70. The topological polar surface area (TPSA) is 46.3 Å². The van der Waals surface area contributed by atoms with Crippen LogP contribution >= 0.6 is 0 Å². The molecule has 3 heteroatoms. The highest BCUT2D eigenvalue weighted by Crippen LogP contribution is 2.30. The van der Waals surface area contributed by atoms with Crippen molar-refractivity contribution in [2.24, 2.45) is 17.6 Å². The van der Waals surface area contributed by atoms with Crippen LogP contribution in [0.15, 0.2) is 30.3 Å². The van der Waals surface area contributed by atoms with Crippen molar-refractivity contribution in [1.29, 1.82) is 0 Å². The van der Waals surface area contributed by atoms with Crippen molar-refractivity contribution in [3.8, 4) is 0 Å². The average molecular weight is 246 g/mol. The van der Waals surface area contributed by atoms with Crippen LogP contribution in [-0.2, 0) is 4.79 Å². The molecule has 1 aromatic rings. The van der Waals surface area contributed by atoms with E-state index in [-0.39, 0.29) is 11.8 Å². The number of anilines is 1. The number of rotatable bonds is 3. The van der Waals surface area contributed by atoms with Gasteiger partial charge < -0.3 is 10.6 Å². The van der Waals surface area contributed by atoms with E-state index < -0.39 is 0 Å². The number of nitrogens with zero attached hydrogens (tertiary/aromatic N) is 1. The van der Waals surface area contributed by atoms with Crippen LogP contribution in [0, 0.1) is 11.8 Å². The molecule has 0 radical (unpaired) electrons. The minimum atomic E-state index is 0.179. The molecule has 1 aliphatic rings. The van der Waals surface area contributed by atoms with Crippen molar-refractivity contribution in [3.63, 3.8) is 0 Å². The van der Waals surface area contributed by atoms with E-state index in [9.17, 15) is 4.79 Å². The third-order valence-electron chi connectivity index (χ3n) is 4.00. The number of carbonyl (C=O) groups is 1. The van der Waals surface area contributed by atoms with Crippen LogP contribution < -0.4 is 10.6 Å². The van der Waals surface area contributed by atoms with Crippen molar-refractivity contribution < 1.29 is 4.79 Å². The van der Waals surface area contributed by atoms with Gasteiger partial charge in [-0.25, -0.2) is 0 Å². The summed E-state index contributed by atoms with van der Waals surface area (Å²) in [5.74, 6) is 1.05. The van der Waals surface area contributed by atoms with Crippen molar-refractivity contribution >= 4 is 11.6 Å². The molecule has 18 heavy (non-hydrogen) atoms. The van der Waals surface area contributed by atoms with Crippen LogP contribution in [0.5, 0.6) is 0 Å². The standard InChI is InChI=1S/C15H22N2O/c1-17(14-5-3-2-4-6-14)15(18)13-9-7-12(11-16)8-10-13/h2-6,12-13H,7-11,16H2,1H3. The van der Waals surface area contributed by atoms with Crippen LogP contribution in [-0.4, -0.2) is 19.5 Å². The van der Waals surface area contributed by atoms with Crippen LogP contribution in [0.3, 0.4) is 0 Å². The highest BCUT2D eigenvalue weighted by Gasteiger charge is 2.27. The quantitative estimate of drug-likeness (QED) is 0.890. The first-order valence-corrected chi connectivity index (χ1v) is 6.75. The molecule has 0 aliphatic heterocycles. The summed E-state index contributed by atoms with van der Waals surface area (Å²) in [5, 5.41) is 0. The summed E-state index contributed by atoms with van der Waals surface area (Å²) in [6, 6.07) is 9.84. The Morgan fingerprint density at radius 2 is 1.83 bits per heavy atom. The van der Waals surface area contributed by atoms with E-state index in [4.69, 9.17) is 5.73 Å². The maximum Gasteiger partial charge on any atom is 0.229 e.